The number of aromatic nitrogens is 2. The fraction of sp³-hybridized carbons (Fsp3) is 0. The van der Waals surface area contributed by atoms with Gasteiger partial charge in [-0.1, -0.05) is 46.4 Å². The van der Waals surface area contributed by atoms with Gasteiger partial charge in [0, 0.05) is 5.02 Å². The molecule has 0 radical (unpaired) electrons. The third-order valence-corrected chi connectivity index (χ3v) is 3.26. The van der Waals surface area contributed by atoms with Crippen molar-refractivity contribution < 1.29 is 4.39 Å². The van der Waals surface area contributed by atoms with Crippen LogP contribution in [-0.4, -0.2) is 9.55 Å². The van der Waals surface area contributed by atoms with Crippen LogP contribution in [0.4, 0.5) is 4.39 Å². The van der Waals surface area contributed by atoms with Crippen LogP contribution >= 0.6 is 46.4 Å². The molecule has 0 unspecified atom stereocenters. The Labute approximate surface area is 125 Å². The Morgan fingerprint density at radius 1 is 1.05 bits per heavy atom. The van der Waals surface area contributed by atoms with Gasteiger partial charge in [0.2, 0.25) is 5.82 Å². The van der Waals surface area contributed by atoms with E-state index in [4.69, 9.17) is 46.4 Å². The van der Waals surface area contributed by atoms with E-state index in [0.717, 1.165) is 0 Å². The first kappa shape index (κ1) is 14.4. The van der Waals surface area contributed by atoms with E-state index in [1.807, 2.05) is 4.98 Å². The number of aromatic amines is 1. The van der Waals surface area contributed by atoms with Crippen LogP contribution in [0.2, 0.25) is 20.2 Å². The zero-order chi connectivity index (χ0) is 14.3. The molecule has 1 aromatic carbocycles. The van der Waals surface area contributed by atoms with E-state index < -0.39 is 22.2 Å². The van der Waals surface area contributed by atoms with Crippen molar-refractivity contribution in [2.45, 2.75) is 0 Å². The number of benzene rings is 1. The van der Waals surface area contributed by atoms with Crippen LogP contribution in [0.1, 0.15) is 0 Å². The van der Waals surface area contributed by atoms with E-state index in [1.165, 1.54) is 12.1 Å². The molecule has 0 aliphatic rings. The number of nitrogens with zero attached hydrogens (tertiary/aromatic N) is 1. The van der Waals surface area contributed by atoms with E-state index in [0.29, 0.717) is 4.57 Å². The summed E-state index contributed by atoms with van der Waals surface area (Å²) in [5.74, 6) is -1.32. The van der Waals surface area contributed by atoms with Crippen molar-refractivity contribution in [3.8, 4) is 5.69 Å². The fourth-order valence-corrected chi connectivity index (χ4v) is 2.59. The second-order valence-corrected chi connectivity index (χ2v) is 5.05. The number of nitrogens with one attached hydrogen (secondary N) is 1. The van der Waals surface area contributed by atoms with Gasteiger partial charge in [-0.15, -0.1) is 0 Å². The van der Waals surface area contributed by atoms with Crippen molar-refractivity contribution in [2.75, 3.05) is 0 Å². The highest BCUT2D eigenvalue weighted by atomic mass is 35.5. The Kier molecular flexibility index (Phi) is 3.92. The quantitative estimate of drug-likeness (QED) is 0.808. The molecule has 4 nitrogen and oxygen atoms in total. The van der Waals surface area contributed by atoms with Gasteiger partial charge in [0.05, 0.1) is 15.7 Å². The number of rotatable bonds is 1. The molecule has 0 fully saturated rings. The summed E-state index contributed by atoms with van der Waals surface area (Å²) < 4.78 is 13.9. The number of hydrogen-bond donors (Lipinski definition) is 1. The number of hydrogen-bond acceptors (Lipinski definition) is 2. The molecular weight excluding hydrogens is 341 g/mol. The van der Waals surface area contributed by atoms with Gasteiger partial charge in [0.25, 0.3) is 5.56 Å². The molecule has 9 heteroatoms. The van der Waals surface area contributed by atoms with Crippen molar-refractivity contribution in [3.63, 3.8) is 0 Å². The first-order valence-electron chi connectivity index (χ1n) is 4.68. The summed E-state index contributed by atoms with van der Waals surface area (Å²) in [6.45, 7) is 0. The lowest BCUT2D eigenvalue weighted by atomic mass is 10.3. The van der Waals surface area contributed by atoms with Crippen molar-refractivity contribution in [3.05, 3.63) is 59.0 Å². The minimum absolute atomic E-state index is 0.0770. The topological polar surface area (TPSA) is 54.9 Å². The summed E-state index contributed by atoms with van der Waals surface area (Å²) in [5, 5.41) is -0.635. The average Bonchev–Trinajstić information content (AvgIpc) is 2.29. The predicted molar refractivity (Wildman–Crippen MR) is 72.7 cm³/mol. The number of H-pyrrole nitrogens is 1. The second-order valence-electron chi connectivity index (χ2n) is 3.42. The summed E-state index contributed by atoms with van der Waals surface area (Å²) in [4.78, 5) is 25.4. The Morgan fingerprint density at radius 3 is 2.11 bits per heavy atom. The lowest BCUT2D eigenvalue weighted by molar-refractivity contribution is 0.584. The zero-order valence-corrected chi connectivity index (χ0v) is 11.8. The molecule has 100 valence electrons. The molecule has 0 saturated heterocycles. The minimum atomic E-state index is -1.32. The average molecular weight is 344 g/mol. The van der Waals surface area contributed by atoms with Crippen molar-refractivity contribution in [2.24, 2.45) is 0 Å². The summed E-state index contributed by atoms with van der Waals surface area (Å²) in [7, 11) is 0. The van der Waals surface area contributed by atoms with Crippen LogP contribution in [0, 0.1) is 5.82 Å². The molecule has 0 aliphatic heterocycles. The molecule has 0 aliphatic carbocycles. The SMILES string of the molecule is O=c1[nH]c(Cl)c(F)c(=O)n1-c1c(Cl)cc(Cl)cc1Cl. The van der Waals surface area contributed by atoms with Gasteiger partial charge in [0.1, 0.15) is 0 Å². The van der Waals surface area contributed by atoms with Crippen LogP contribution in [0.15, 0.2) is 21.7 Å². The van der Waals surface area contributed by atoms with Crippen LogP contribution < -0.4 is 11.2 Å². The van der Waals surface area contributed by atoms with Crippen LogP contribution in [-0.2, 0) is 0 Å². The van der Waals surface area contributed by atoms with E-state index in [2.05, 4.69) is 0 Å². The molecule has 0 amide bonds. The predicted octanol–water partition coefficient (Wildman–Crippen LogP) is 3.28. The third kappa shape index (κ3) is 2.51. The zero-order valence-electron chi connectivity index (χ0n) is 8.81. The summed E-state index contributed by atoms with van der Waals surface area (Å²) in [6.07, 6.45) is 0. The molecular formula is C10H3Cl4FN2O2. The van der Waals surface area contributed by atoms with Gasteiger partial charge >= 0.3 is 5.69 Å². The number of halogens is 5. The second kappa shape index (κ2) is 5.17. The molecule has 0 bridgehead atoms. The molecule has 0 atom stereocenters. The lowest BCUT2D eigenvalue weighted by Crippen LogP contribution is -2.36. The van der Waals surface area contributed by atoms with Gasteiger partial charge in [-0.3, -0.25) is 9.78 Å². The Balaban J connectivity index is 2.93. The molecule has 1 N–H and O–H groups in total. The van der Waals surface area contributed by atoms with Gasteiger partial charge < -0.3 is 0 Å². The van der Waals surface area contributed by atoms with Crippen molar-refractivity contribution >= 4 is 46.4 Å². The highest BCUT2D eigenvalue weighted by Crippen LogP contribution is 2.30. The maximum absolute atomic E-state index is 13.5. The van der Waals surface area contributed by atoms with Crippen LogP contribution in [0.3, 0.4) is 0 Å². The van der Waals surface area contributed by atoms with Gasteiger partial charge in [0.15, 0.2) is 5.15 Å². The minimum Gasteiger partial charge on any atom is -0.295 e. The molecule has 2 rings (SSSR count). The Hall–Kier alpha value is -1.01. The third-order valence-electron chi connectivity index (χ3n) is 2.21. The molecule has 1 heterocycles. The van der Waals surface area contributed by atoms with Crippen LogP contribution in [0.5, 0.6) is 0 Å². The molecule has 0 spiro atoms. The van der Waals surface area contributed by atoms with Crippen molar-refractivity contribution in [1.82, 2.24) is 9.55 Å². The van der Waals surface area contributed by atoms with Gasteiger partial charge in [-0.2, -0.15) is 4.39 Å². The Morgan fingerprint density at radius 2 is 1.58 bits per heavy atom. The van der Waals surface area contributed by atoms with E-state index >= 15 is 0 Å². The van der Waals surface area contributed by atoms with Gasteiger partial charge in [-0.05, 0) is 12.1 Å². The van der Waals surface area contributed by atoms with Gasteiger partial charge in [-0.25, -0.2) is 9.36 Å². The molecule has 0 saturated carbocycles. The molecule has 1 aromatic heterocycles. The first-order chi connectivity index (χ1) is 8.82. The van der Waals surface area contributed by atoms with Crippen molar-refractivity contribution in [1.29, 1.82) is 0 Å². The summed E-state index contributed by atoms with van der Waals surface area (Å²) >= 11 is 22.8. The largest absolute Gasteiger partial charge is 0.334 e. The lowest BCUT2D eigenvalue weighted by Gasteiger charge is -2.09. The smallest absolute Gasteiger partial charge is 0.295 e. The monoisotopic (exact) mass is 342 g/mol. The maximum atomic E-state index is 13.5. The molecule has 2 aromatic rings. The summed E-state index contributed by atoms with van der Waals surface area (Å²) in [6, 6.07) is 2.53. The van der Waals surface area contributed by atoms with E-state index in [9.17, 15) is 14.0 Å². The maximum Gasteiger partial charge on any atom is 0.334 e. The highest BCUT2D eigenvalue weighted by Gasteiger charge is 2.18. The summed E-state index contributed by atoms with van der Waals surface area (Å²) in [5.41, 5.74) is -2.41. The Bertz CT molecular complexity index is 761. The fourth-order valence-electron chi connectivity index (χ4n) is 1.44. The molecule has 19 heavy (non-hydrogen) atoms. The highest BCUT2D eigenvalue weighted by molar-refractivity contribution is 6.40. The first-order valence-corrected chi connectivity index (χ1v) is 6.19. The van der Waals surface area contributed by atoms with E-state index in [1.54, 1.807) is 0 Å². The van der Waals surface area contributed by atoms with E-state index in [-0.39, 0.29) is 20.8 Å². The normalized spacial score (nSPS) is 10.8. The standard InChI is InChI=1S/C10H3Cl4FN2O2/c11-3-1-4(12)7(5(13)2-3)17-9(18)6(15)8(14)16-10(17)19/h1-2H,(H,16,19). The van der Waals surface area contributed by atoms with Crippen LogP contribution in [0.25, 0.3) is 5.69 Å².